The van der Waals surface area contributed by atoms with Gasteiger partial charge < -0.3 is 63.2 Å². The maximum atomic E-state index is 10.5. The number of unbranched alkanes of at least 4 members (excludes halogenated alkanes) is 2. The summed E-state index contributed by atoms with van der Waals surface area (Å²) in [6.45, 7) is 17.4. The zero-order chi connectivity index (χ0) is 41.3. The Morgan fingerprint density at radius 3 is 1.20 bits per heavy atom. The highest BCUT2D eigenvalue weighted by Gasteiger charge is 1.96. The number of methoxy groups -OCH3 is 1. The molecule has 0 radical (unpaired) electrons. The minimum atomic E-state index is -0.755. The second kappa shape index (κ2) is 69.0. The van der Waals surface area contributed by atoms with E-state index in [1.165, 1.54) is 0 Å². The molecular formula is C35H76FN3O15. The van der Waals surface area contributed by atoms with Gasteiger partial charge in [-0.3, -0.25) is 9.59 Å². The van der Waals surface area contributed by atoms with E-state index in [1.807, 2.05) is 13.8 Å². The second-order valence-electron chi connectivity index (χ2n) is 9.75. The molecule has 54 heavy (non-hydrogen) atoms. The molecule has 0 fully saturated rings. The van der Waals surface area contributed by atoms with Crippen molar-refractivity contribution in [2.24, 2.45) is 0 Å². The third kappa shape index (κ3) is 83.2. The largest absolute Gasteiger partial charge is 0.481 e. The van der Waals surface area contributed by atoms with Gasteiger partial charge in [-0.05, 0) is 32.7 Å². The number of hydrogen-bond donors (Lipinski definition) is 4. The molecule has 328 valence electrons. The molecule has 0 heterocycles. The first kappa shape index (κ1) is 61.2. The lowest BCUT2D eigenvalue weighted by molar-refractivity contribution is -0.303. The molecule has 0 aromatic heterocycles. The van der Waals surface area contributed by atoms with Crippen molar-refractivity contribution in [2.45, 2.75) is 52.9 Å². The molecule has 18 nitrogen and oxygen atoms in total. The summed E-state index contributed by atoms with van der Waals surface area (Å²) in [6.07, 6.45) is 5.47. The van der Waals surface area contributed by atoms with E-state index in [-0.39, 0.29) is 13.0 Å². The van der Waals surface area contributed by atoms with Crippen molar-refractivity contribution in [1.29, 1.82) is 0 Å². The van der Waals surface area contributed by atoms with Crippen LogP contribution in [0.1, 0.15) is 52.9 Å². The van der Waals surface area contributed by atoms with Crippen LogP contribution in [0.25, 0.3) is 0 Å². The predicted octanol–water partition coefficient (Wildman–Crippen LogP) is 2.02. The van der Waals surface area contributed by atoms with Crippen molar-refractivity contribution < 1.29 is 76.4 Å². The Morgan fingerprint density at radius 2 is 0.944 bits per heavy atom. The molecule has 0 spiro atoms. The Hall–Kier alpha value is -1.98. The lowest BCUT2D eigenvalue weighted by atomic mass is 10.2. The van der Waals surface area contributed by atoms with Crippen molar-refractivity contribution in [3.63, 3.8) is 0 Å². The quantitative estimate of drug-likeness (QED) is 0.0231. The van der Waals surface area contributed by atoms with Gasteiger partial charge in [0.15, 0.2) is 0 Å². The van der Waals surface area contributed by atoms with Crippen LogP contribution in [0.3, 0.4) is 0 Å². The number of hydrogen-bond acceptors (Lipinski definition) is 16. The van der Waals surface area contributed by atoms with Gasteiger partial charge in [0.1, 0.15) is 19.5 Å². The summed E-state index contributed by atoms with van der Waals surface area (Å²) in [4.78, 5) is 37.6. The number of rotatable bonds is 39. The van der Waals surface area contributed by atoms with Crippen molar-refractivity contribution in [3.8, 4) is 0 Å². The first-order chi connectivity index (χ1) is 26.5. The molecule has 0 aliphatic rings. The fourth-order valence-electron chi connectivity index (χ4n) is 2.84. The molecule has 0 bridgehead atoms. The van der Waals surface area contributed by atoms with Crippen LogP contribution in [0.4, 0.5) is 4.48 Å². The molecule has 0 atom stereocenters. The molecule has 0 aromatic rings. The summed E-state index contributed by atoms with van der Waals surface area (Å²) in [5.74, 6) is -0.755. The van der Waals surface area contributed by atoms with Gasteiger partial charge in [0.05, 0.1) is 105 Å². The van der Waals surface area contributed by atoms with Gasteiger partial charge in [0, 0.05) is 40.5 Å². The van der Waals surface area contributed by atoms with Crippen LogP contribution in [0.2, 0.25) is 0 Å². The summed E-state index contributed by atoms with van der Waals surface area (Å²) in [5, 5.41) is 13.0. The van der Waals surface area contributed by atoms with E-state index in [0.29, 0.717) is 125 Å². The van der Waals surface area contributed by atoms with E-state index in [9.17, 15) is 9.28 Å². The highest BCUT2D eigenvalue weighted by molar-refractivity contribution is 5.66. The van der Waals surface area contributed by atoms with E-state index in [4.69, 9.17) is 67.1 Å². The number of aldehydes is 1. The smallest absolute Gasteiger partial charge is 0.304 e. The summed E-state index contributed by atoms with van der Waals surface area (Å²) >= 11 is 0. The van der Waals surface area contributed by atoms with Gasteiger partial charge in [-0.1, -0.05) is 20.8 Å². The highest BCUT2D eigenvalue weighted by atomic mass is 19.2. The van der Waals surface area contributed by atoms with Crippen LogP contribution in [-0.2, 0) is 66.8 Å². The molecule has 0 saturated heterocycles. The average Bonchev–Trinajstić information content (AvgIpc) is 3.19. The van der Waals surface area contributed by atoms with E-state index in [0.717, 1.165) is 51.0 Å². The number of carbonyl (C=O) groups is 3. The van der Waals surface area contributed by atoms with Crippen molar-refractivity contribution in [3.05, 3.63) is 0 Å². The van der Waals surface area contributed by atoms with Crippen LogP contribution >= 0.6 is 0 Å². The molecule has 0 saturated carbocycles. The number of carboxylic acid groups (broad SMARTS) is 1. The van der Waals surface area contributed by atoms with Gasteiger partial charge in [-0.25, -0.2) is 9.78 Å². The molecule has 0 aliphatic carbocycles. The zero-order valence-corrected chi connectivity index (χ0v) is 34.1. The number of carbonyl (C=O) groups excluding carboxylic acids is 2. The molecule has 0 aromatic carbocycles. The van der Waals surface area contributed by atoms with E-state index in [2.05, 4.69) is 17.6 Å². The molecule has 19 heteroatoms. The van der Waals surface area contributed by atoms with Gasteiger partial charge in [-0.15, -0.1) is 4.48 Å². The third-order valence-electron chi connectivity index (χ3n) is 5.29. The first-order valence-electron chi connectivity index (χ1n) is 18.6. The molecule has 0 rings (SSSR count). The minimum Gasteiger partial charge on any atom is -0.481 e. The Balaban J connectivity index is -0.000000365. The topological polar surface area (TPSA) is 209 Å². The molecular weight excluding hydrogens is 721 g/mol. The lowest BCUT2D eigenvalue weighted by Crippen LogP contribution is -2.14. The predicted molar refractivity (Wildman–Crippen MR) is 202 cm³/mol. The number of amides is 1. The second-order valence-corrected chi connectivity index (χ2v) is 9.75. The number of ether oxygens (including phenoxy) is 9. The first-order valence-corrected chi connectivity index (χ1v) is 18.6. The molecule has 1 amide bonds. The van der Waals surface area contributed by atoms with Crippen LogP contribution in [0.15, 0.2) is 0 Å². The number of aliphatic carboxylic acids is 1. The molecule has 0 unspecified atom stereocenters. The Kier molecular flexibility index (Phi) is 78.2. The fourth-order valence-corrected chi connectivity index (χ4v) is 2.84. The van der Waals surface area contributed by atoms with Crippen LogP contribution in [-0.4, -0.2) is 184 Å². The third-order valence-corrected chi connectivity index (χ3v) is 5.29. The lowest BCUT2D eigenvalue weighted by Gasteiger charge is -2.08. The maximum Gasteiger partial charge on any atom is 0.304 e. The number of nitrogens with one attached hydrogen (secondary N) is 3. The maximum absolute atomic E-state index is 10.5. The van der Waals surface area contributed by atoms with Gasteiger partial charge in [-0.2, -0.15) is 5.54 Å². The average molecular weight is 798 g/mol. The van der Waals surface area contributed by atoms with Crippen molar-refractivity contribution >= 4 is 18.7 Å². The van der Waals surface area contributed by atoms with Gasteiger partial charge in [0.2, 0.25) is 6.41 Å². The monoisotopic (exact) mass is 798 g/mol. The van der Waals surface area contributed by atoms with Crippen LogP contribution in [0, 0.1) is 0 Å². The van der Waals surface area contributed by atoms with Crippen molar-refractivity contribution in [1.82, 2.24) is 16.2 Å². The van der Waals surface area contributed by atoms with Gasteiger partial charge >= 0.3 is 5.97 Å². The zero-order valence-electron chi connectivity index (χ0n) is 34.1. The highest BCUT2D eigenvalue weighted by Crippen LogP contribution is 1.97. The molecule has 4 N–H and O–H groups in total. The summed E-state index contributed by atoms with van der Waals surface area (Å²) in [5.41, 5.74) is 1.15. The normalized spacial score (nSPS) is 9.98. The standard InChI is InChI=1S/C25H52O11.C4H9NO2.C2H4FNO.C2H5NO.C2H6/c1-3-7-27-11-14-30-15-12-28-8-5-4-6-9-29-13-16-31-17-18-32-19-20-33-21-22-34-23-25-36-35-24-10-26-2;1-5-3-2-4(6)7;3-4-1-2-5;1-3-2-4;1-2/h3-25H2,1-2H3;5H,2-3H2,1H3,(H,6,7);2,4H,1H2;2H,1H3,(H,3,4);1-2H3. The van der Waals surface area contributed by atoms with Crippen molar-refractivity contribution in [2.75, 3.05) is 160 Å². The van der Waals surface area contributed by atoms with Crippen LogP contribution in [0.5, 0.6) is 0 Å². The van der Waals surface area contributed by atoms with E-state index >= 15 is 0 Å². The number of carboxylic acids is 1. The summed E-state index contributed by atoms with van der Waals surface area (Å²) < 4.78 is 58.9. The minimum absolute atomic E-state index is 0.205. The van der Waals surface area contributed by atoms with E-state index < -0.39 is 5.97 Å². The summed E-state index contributed by atoms with van der Waals surface area (Å²) in [7, 11) is 4.90. The molecule has 0 aliphatic heterocycles. The van der Waals surface area contributed by atoms with E-state index in [1.54, 1.807) is 21.2 Å². The Morgan fingerprint density at radius 1 is 0.593 bits per heavy atom. The fraction of sp³-hybridized carbons (Fsp3) is 0.914. The SMILES string of the molecule is CC.CCCOCCOCCOCCCCCOCCOCCOCCOCCOCCOOCCOC.CNC=O.CNCCC(=O)O.O=CCNF. The Bertz CT molecular complexity index is 619. The van der Waals surface area contributed by atoms with Crippen LogP contribution < -0.4 is 16.2 Å². The summed E-state index contributed by atoms with van der Waals surface area (Å²) in [6, 6.07) is 0. The van der Waals surface area contributed by atoms with Gasteiger partial charge in [0.25, 0.3) is 0 Å². The Labute approximate surface area is 323 Å². The number of halogens is 1.